The lowest BCUT2D eigenvalue weighted by molar-refractivity contribution is -0.153. The Labute approximate surface area is 172 Å². The fourth-order valence-corrected chi connectivity index (χ4v) is 5.99. The van der Waals surface area contributed by atoms with Crippen molar-refractivity contribution in [3.63, 3.8) is 0 Å². The first-order valence-electron chi connectivity index (χ1n) is 9.51. The minimum absolute atomic E-state index is 0.143. The molecular formula is C19H27BrN2O6. The van der Waals surface area contributed by atoms with Crippen LogP contribution in [-0.4, -0.2) is 85.6 Å². The Morgan fingerprint density at radius 1 is 1.46 bits per heavy atom. The summed E-state index contributed by atoms with van der Waals surface area (Å²) in [6.45, 7) is 9.06. The van der Waals surface area contributed by atoms with E-state index in [0.717, 1.165) is 0 Å². The minimum atomic E-state index is -1.21. The second-order valence-corrected chi connectivity index (χ2v) is 9.33. The molecule has 3 fully saturated rings. The molecule has 0 aliphatic carbocycles. The number of carbonyl (C=O) groups excluding carboxylic acids is 2. The van der Waals surface area contributed by atoms with E-state index >= 15 is 0 Å². The summed E-state index contributed by atoms with van der Waals surface area (Å²) in [4.78, 5) is 41.6. The van der Waals surface area contributed by atoms with E-state index in [4.69, 9.17) is 4.74 Å². The van der Waals surface area contributed by atoms with E-state index in [1.165, 1.54) is 4.90 Å². The Morgan fingerprint density at radius 3 is 2.61 bits per heavy atom. The number of fused-ring (bicyclic) bond motifs is 1. The maximum atomic E-state index is 13.6. The SMILES string of the molecule is C=CCN(C(=O)[C@@H]1N([C@H](C)CO)C(=O)[C@H]2[C@H](C(=O)O)[C@H]3O[C@@]12CC3Br)C(C)C. The van der Waals surface area contributed by atoms with Crippen LogP contribution in [-0.2, 0) is 19.1 Å². The van der Waals surface area contributed by atoms with Gasteiger partial charge >= 0.3 is 5.97 Å². The third kappa shape index (κ3) is 2.81. The molecule has 2 bridgehead atoms. The normalized spacial score (nSPS) is 37.3. The molecule has 3 saturated heterocycles. The van der Waals surface area contributed by atoms with E-state index < -0.39 is 47.5 Å². The third-order valence-electron chi connectivity index (χ3n) is 6.22. The first-order chi connectivity index (χ1) is 13.1. The summed E-state index contributed by atoms with van der Waals surface area (Å²) >= 11 is 3.49. The van der Waals surface area contributed by atoms with Crippen LogP contribution in [0.3, 0.4) is 0 Å². The maximum absolute atomic E-state index is 13.6. The van der Waals surface area contributed by atoms with Gasteiger partial charge in [0.05, 0.1) is 30.6 Å². The van der Waals surface area contributed by atoms with E-state index in [0.29, 0.717) is 13.0 Å². The Hall–Kier alpha value is -1.45. The van der Waals surface area contributed by atoms with Crippen LogP contribution < -0.4 is 0 Å². The first-order valence-corrected chi connectivity index (χ1v) is 10.4. The number of aliphatic carboxylic acids is 1. The van der Waals surface area contributed by atoms with Crippen LogP contribution in [0.5, 0.6) is 0 Å². The van der Waals surface area contributed by atoms with E-state index in [1.54, 1.807) is 17.9 Å². The lowest BCUT2D eigenvalue weighted by Gasteiger charge is -2.39. The average Bonchev–Trinajstić information content (AvgIpc) is 3.21. The second kappa shape index (κ2) is 7.42. The van der Waals surface area contributed by atoms with Crippen LogP contribution in [0, 0.1) is 11.8 Å². The monoisotopic (exact) mass is 458 g/mol. The summed E-state index contributed by atoms with van der Waals surface area (Å²) in [6, 6.07) is -1.76. The van der Waals surface area contributed by atoms with E-state index in [-0.39, 0.29) is 23.4 Å². The smallest absolute Gasteiger partial charge is 0.310 e. The van der Waals surface area contributed by atoms with Crippen molar-refractivity contribution in [3.8, 4) is 0 Å². The van der Waals surface area contributed by atoms with Crippen LogP contribution in [0.15, 0.2) is 12.7 Å². The molecule has 156 valence electrons. The summed E-state index contributed by atoms with van der Waals surface area (Å²) < 4.78 is 6.16. The lowest BCUT2D eigenvalue weighted by Crippen LogP contribution is -2.59. The number of amides is 2. The molecule has 2 N–H and O–H groups in total. The zero-order valence-corrected chi connectivity index (χ0v) is 17.8. The van der Waals surface area contributed by atoms with E-state index in [1.807, 2.05) is 13.8 Å². The molecule has 0 radical (unpaired) electrons. The molecule has 28 heavy (non-hydrogen) atoms. The molecule has 3 rings (SSSR count). The maximum Gasteiger partial charge on any atom is 0.310 e. The van der Waals surface area contributed by atoms with Crippen molar-refractivity contribution in [1.29, 1.82) is 0 Å². The Morgan fingerprint density at radius 2 is 2.11 bits per heavy atom. The highest BCUT2D eigenvalue weighted by Crippen LogP contribution is 2.60. The number of rotatable bonds is 7. The lowest BCUT2D eigenvalue weighted by atomic mass is 9.70. The number of aliphatic hydroxyl groups excluding tert-OH is 1. The number of halogens is 1. The predicted octanol–water partition coefficient (Wildman–Crippen LogP) is 0.623. The quantitative estimate of drug-likeness (QED) is 0.427. The van der Waals surface area contributed by atoms with Crippen molar-refractivity contribution in [1.82, 2.24) is 9.80 Å². The molecule has 1 unspecified atom stereocenters. The fraction of sp³-hybridized carbons (Fsp3) is 0.737. The van der Waals surface area contributed by atoms with Crippen molar-refractivity contribution in [2.45, 2.75) is 61.8 Å². The molecule has 0 aromatic heterocycles. The molecule has 0 aromatic carbocycles. The van der Waals surface area contributed by atoms with E-state index in [9.17, 15) is 24.6 Å². The highest BCUT2D eigenvalue weighted by molar-refractivity contribution is 9.09. The van der Waals surface area contributed by atoms with Crippen molar-refractivity contribution >= 4 is 33.7 Å². The van der Waals surface area contributed by atoms with Crippen LogP contribution in [0.25, 0.3) is 0 Å². The van der Waals surface area contributed by atoms with E-state index in [2.05, 4.69) is 22.5 Å². The molecular weight excluding hydrogens is 432 g/mol. The number of hydrogen-bond acceptors (Lipinski definition) is 5. The van der Waals surface area contributed by atoms with Crippen LogP contribution in [0.2, 0.25) is 0 Å². The molecule has 2 amide bonds. The van der Waals surface area contributed by atoms with Crippen molar-refractivity contribution in [2.24, 2.45) is 11.8 Å². The molecule has 8 nitrogen and oxygen atoms in total. The number of aliphatic hydroxyl groups is 1. The summed E-state index contributed by atoms with van der Waals surface area (Å²) in [5, 5.41) is 19.5. The van der Waals surface area contributed by atoms with Gasteiger partial charge < -0.3 is 24.7 Å². The van der Waals surface area contributed by atoms with Crippen molar-refractivity contribution in [2.75, 3.05) is 13.2 Å². The van der Waals surface area contributed by atoms with Crippen LogP contribution >= 0.6 is 15.9 Å². The molecule has 3 aliphatic rings. The highest BCUT2D eigenvalue weighted by Gasteiger charge is 2.77. The molecule has 9 heteroatoms. The highest BCUT2D eigenvalue weighted by atomic mass is 79.9. The number of likely N-dealkylation sites (tertiary alicyclic amines) is 1. The number of alkyl halides is 1. The number of nitrogens with zero attached hydrogens (tertiary/aromatic N) is 2. The standard InChI is InChI=1S/C19H27BrN2O6/c1-5-6-21(9(2)3)17(25)15-19-7-11(20)14(28-19)12(18(26)27)13(19)16(24)22(15)10(4)8-23/h5,9-15,23H,1,6-8H2,2-4H3,(H,26,27)/t10-,11?,12+,13-,14+,15+,19-/m1/s1. The van der Waals surface area contributed by atoms with Crippen molar-refractivity contribution < 1.29 is 29.3 Å². The van der Waals surface area contributed by atoms with Gasteiger partial charge in [0.15, 0.2) is 0 Å². The molecule has 0 saturated carbocycles. The van der Waals surface area contributed by atoms with Crippen molar-refractivity contribution in [3.05, 3.63) is 12.7 Å². The summed E-state index contributed by atoms with van der Waals surface area (Å²) in [5.41, 5.74) is -1.21. The molecule has 7 atom stereocenters. The predicted molar refractivity (Wildman–Crippen MR) is 104 cm³/mol. The van der Waals surface area contributed by atoms with Gasteiger partial charge in [0.2, 0.25) is 11.8 Å². The molecule has 3 aliphatic heterocycles. The number of hydrogen-bond donors (Lipinski definition) is 2. The van der Waals surface area contributed by atoms with Gasteiger partial charge in [-0.2, -0.15) is 0 Å². The molecule has 1 spiro atoms. The van der Waals surface area contributed by atoms with Gasteiger partial charge in [-0.05, 0) is 27.2 Å². The Balaban J connectivity index is 2.12. The van der Waals surface area contributed by atoms with Gasteiger partial charge in [-0.1, -0.05) is 22.0 Å². The number of ether oxygens (including phenoxy) is 1. The van der Waals surface area contributed by atoms with Crippen LogP contribution in [0.4, 0.5) is 0 Å². The zero-order valence-electron chi connectivity index (χ0n) is 16.2. The number of carbonyl (C=O) groups is 3. The van der Waals surface area contributed by atoms with Crippen LogP contribution in [0.1, 0.15) is 27.2 Å². The third-order valence-corrected chi connectivity index (χ3v) is 7.06. The molecule has 3 heterocycles. The Bertz CT molecular complexity index is 700. The minimum Gasteiger partial charge on any atom is -0.481 e. The largest absolute Gasteiger partial charge is 0.481 e. The van der Waals surface area contributed by atoms with Gasteiger partial charge in [-0.25, -0.2) is 0 Å². The van der Waals surface area contributed by atoms with Gasteiger partial charge in [-0.3, -0.25) is 14.4 Å². The summed E-state index contributed by atoms with van der Waals surface area (Å²) in [5.74, 6) is -3.81. The average molecular weight is 459 g/mol. The van der Waals surface area contributed by atoms with Gasteiger partial charge in [0.1, 0.15) is 11.6 Å². The van der Waals surface area contributed by atoms with Gasteiger partial charge in [0.25, 0.3) is 0 Å². The first kappa shape index (κ1) is 21.3. The van der Waals surface area contributed by atoms with Gasteiger partial charge in [0, 0.05) is 17.4 Å². The number of carboxylic acids is 1. The summed E-state index contributed by atoms with van der Waals surface area (Å²) in [7, 11) is 0. The van der Waals surface area contributed by atoms with Gasteiger partial charge in [-0.15, -0.1) is 6.58 Å². The number of carboxylic acid groups (broad SMARTS) is 1. The topological polar surface area (TPSA) is 107 Å². The summed E-state index contributed by atoms with van der Waals surface area (Å²) in [6.07, 6.45) is 1.31. The second-order valence-electron chi connectivity index (χ2n) is 8.15. The Kier molecular flexibility index (Phi) is 5.64. The zero-order chi connectivity index (χ0) is 21.0. The molecule has 0 aromatic rings. The fourth-order valence-electron chi connectivity index (χ4n) is 5.04.